The number of anilines is 1. The fourth-order valence-electron chi connectivity index (χ4n) is 3.77. The number of benzene rings is 2. The van der Waals surface area contributed by atoms with Gasteiger partial charge in [0.15, 0.2) is 0 Å². The third-order valence-electron chi connectivity index (χ3n) is 5.39. The van der Waals surface area contributed by atoms with Gasteiger partial charge in [0.25, 0.3) is 0 Å². The van der Waals surface area contributed by atoms with Crippen molar-refractivity contribution in [1.82, 2.24) is 4.98 Å². The first-order chi connectivity index (χ1) is 14.0. The highest BCUT2D eigenvalue weighted by Crippen LogP contribution is 2.37. The van der Waals surface area contributed by atoms with E-state index in [4.69, 9.17) is 21.3 Å². The van der Waals surface area contributed by atoms with Gasteiger partial charge in [0.05, 0.1) is 17.8 Å². The second kappa shape index (κ2) is 7.91. The number of pyridine rings is 1. The molecule has 1 aliphatic rings. The van der Waals surface area contributed by atoms with E-state index < -0.39 is 5.82 Å². The molecule has 3 aromatic rings. The molecule has 0 radical (unpaired) electrons. The van der Waals surface area contributed by atoms with Gasteiger partial charge in [0.2, 0.25) is 0 Å². The van der Waals surface area contributed by atoms with Crippen LogP contribution in [0.2, 0.25) is 5.02 Å². The summed E-state index contributed by atoms with van der Waals surface area (Å²) >= 11 is 5.86. The molecule has 4 nitrogen and oxygen atoms in total. The number of halogens is 2. The van der Waals surface area contributed by atoms with Gasteiger partial charge in [-0.05, 0) is 67.3 Å². The molecule has 1 atom stereocenters. The van der Waals surface area contributed by atoms with Gasteiger partial charge in [-0.2, -0.15) is 0 Å². The number of ether oxygens (including phenoxy) is 1. The summed E-state index contributed by atoms with van der Waals surface area (Å²) in [6.45, 7) is 3.09. The Kier molecular flexibility index (Phi) is 5.33. The standard InChI is InChI=1S/C23H22ClFN2O2/c1-14-4-3-9-27(14)23-12-16(15-5-8-19(24)20(25)10-15)11-21(26-23)18-7-6-17(29-2)13-22(18)28/h5-8,10-14,28H,3-4,9H2,1-2H3. The van der Waals surface area contributed by atoms with Crippen molar-refractivity contribution in [1.29, 1.82) is 0 Å². The molecule has 2 aromatic carbocycles. The van der Waals surface area contributed by atoms with Crippen LogP contribution in [0.4, 0.5) is 10.2 Å². The van der Waals surface area contributed by atoms with Crippen LogP contribution in [0.15, 0.2) is 48.5 Å². The molecular weight excluding hydrogens is 391 g/mol. The number of rotatable bonds is 4. The Balaban J connectivity index is 1.87. The minimum Gasteiger partial charge on any atom is -0.507 e. The Morgan fingerprint density at radius 1 is 1.14 bits per heavy atom. The minimum absolute atomic E-state index is 0.0803. The van der Waals surface area contributed by atoms with Gasteiger partial charge in [-0.25, -0.2) is 9.37 Å². The number of hydrogen-bond acceptors (Lipinski definition) is 4. The van der Waals surface area contributed by atoms with Crippen molar-refractivity contribution in [2.45, 2.75) is 25.8 Å². The van der Waals surface area contributed by atoms with E-state index in [0.717, 1.165) is 30.8 Å². The number of phenolic OH excluding ortho intramolecular Hbond substituents is 1. The van der Waals surface area contributed by atoms with Gasteiger partial charge >= 0.3 is 0 Å². The lowest BCUT2D eigenvalue weighted by Crippen LogP contribution is -2.27. The molecular formula is C23H22ClFN2O2. The van der Waals surface area contributed by atoms with Crippen LogP contribution >= 0.6 is 11.6 Å². The van der Waals surface area contributed by atoms with Crippen LogP contribution < -0.4 is 9.64 Å². The molecule has 1 aliphatic heterocycles. The van der Waals surface area contributed by atoms with E-state index in [2.05, 4.69) is 11.8 Å². The molecule has 0 bridgehead atoms. The Hall–Kier alpha value is -2.79. The number of hydrogen-bond donors (Lipinski definition) is 1. The van der Waals surface area contributed by atoms with Gasteiger partial charge in [0.1, 0.15) is 23.1 Å². The van der Waals surface area contributed by atoms with E-state index in [1.165, 1.54) is 6.07 Å². The lowest BCUT2D eigenvalue weighted by atomic mass is 10.0. The Bertz CT molecular complexity index is 1060. The topological polar surface area (TPSA) is 45.6 Å². The summed E-state index contributed by atoms with van der Waals surface area (Å²) in [7, 11) is 1.55. The zero-order valence-electron chi connectivity index (χ0n) is 16.3. The molecule has 0 amide bonds. The van der Waals surface area contributed by atoms with Crippen molar-refractivity contribution < 1.29 is 14.2 Å². The average molecular weight is 413 g/mol. The molecule has 6 heteroatoms. The van der Waals surface area contributed by atoms with Gasteiger partial charge in [-0.3, -0.25) is 0 Å². The maximum Gasteiger partial charge on any atom is 0.142 e. The lowest BCUT2D eigenvalue weighted by molar-refractivity contribution is 0.408. The van der Waals surface area contributed by atoms with Crippen LogP contribution in [0.3, 0.4) is 0 Å². The third-order valence-corrected chi connectivity index (χ3v) is 5.70. The number of phenols is 1. The molecule has 1 unspecified atom stereocenters. The van der Waals surface area contributed by atoms with Crippen LogP contribution in [0, 0.1) is 5.82 Å². The molecule has 4 rings (SSSR count). The first-order valence-corrected chi connectivity index (χ1v) is 9.95. The van der Waals surface area contributed by atoms with E-state index in [1.54, 1.807) is 37.4 Å². The monoisotopic (exact) mass is 412 g/mol. The summed E-state index contributed by atoms with van der Waals surface area (Å²) in [6, 6.07) is 14.1. The van der Waals surface area contributed by atoms with Gasteiger partial charge in [-0.1, -0.05) is 17.7 Å². The van der Waals surface area contributed by atoms with Crippen molar-refractivity contribution >= 4 is 17.4 Å². The predicted molar refractivity (Wildman–Crippen MR) is 114 cm³/mol. The number of aromatic nitrogens is 1. The van der Waals surface area contributed by atoms with Crippen LogP contribution in [0.25, 0.3) is 22.4 Å². The Morgan fingerprint density at radius 3 is 2.62 bits per heavy atom. The van der Waals surface area contributed by atoms with Crippen LogP contribution in [-0.4, -0.2) is 29.8 Å². The maximum absolute atomic E-state index is 14.1. The average Bonchev–Trinajstić information content (AvgIpc) is 3.15. The summed E-state index contributed by atoms with van der Waals surface area (Å²) in [4.78, 5) is 7.07. The van der Waals surface area contributed by atoms with E-state index in [1.807, 2.05) is 12.1 Å². The summed E-state index contributed by atoms with van der Waals surface area (Å²) in [6.07, 6.45) is 2.20. The van der Waals surface area contributed by atoms with Crippen molar-refractivity contribution in [3.05, 3.63) is 59.4 Å². The van der Waals surface area contributed by atoms with Gasteiger partial charge in [0, 0.05) is 24.2 Å². The van der Waals surface area contributed by atoms with Crippen molar-refractivity contribution in [2.75, 3.05) is 18.6 Å². The third kappa shape index (κ3) is 3.87. The zero-order chi connectivity index (χ0) is 20.5. The highest BCUT2D eigenvalue weighted by Gasteiger charge is 2.23. The first kappa shape index (κ1) is 19.5. The molecule has 1 fully saturated rings. The largest absolute Gasteiger partial charge is 0.507 e. The number of aromatic hydroxyl groups is 1. The van der Waals surface area contributed by atoms with E-state index >= 15 is 0 Å². The van der Waals surface area contributed by atoms with Crippen LogP contribution in [-0.2, 0) is 0 Å². The molecule has 0 aliphatic carbocycles. The first-order valence-electron chi connectivity index (χ1n) is 9.58. The second-order valence-electron chi connectivity index (χ2n) is 7.30. The Morgan fingerprint density at radius 2 is 1.97 bits per heavy atom. The summed E-state index contributed by atoms with van der Waals surface area (Å²) in [5.41, 5.74) is 2.73. The lowest BCUT2D eigenvalue weighted by Gasteiger charge is -2.24. The van der Waals surface area contributed by atoms with Gasteiger partial charge < -0.3 is 14.7 Å². The molecule has 1 aromatic heterocycles. The van der Waals surface area contributed by atoms with Gasteiger partial charge in [-0.15, -0.1) is 0 Å². The van der Waals surface area contributed by atoms with E-state index in [0.29, 0.717) is 28.6 Å². The van der Waals surface area contributed by atoms with E-state index in [-0.39, 0.29) is 10.8 Å². The predicted octanol–water partition coefficient (Wildman–Crippen LogP) is 5.91. The molecule has 29 heavy (non-hydrogen) atoms. The Labute approximate surface area is 174 Å². The molecule has 2 heterocycles. The molecule has 1 saturated heterocycles. The maximum atomic E-state index is 14.1. The summed E-state index contributed by atoms with van der Waals surface area (Å²) in [5, 5.41) is 10.6. The van der Waals surface area contributed by atoms with Crippen molar-refractivity contribution in [3.8, 4) is 33.9 Å². The summed E-state index contributed by atoms with van der Waals surface area (Å²) in [5.74, 6) is 0.992. The van der Waals surface area contributed by atoms with Crippen molar-refractivity contribution in [3.63, 3.8) is 0 Å². The summed E-state index contributed by atoms with van der Waals surface area (Å²) < 4.78 is 19.3. The SMILES string of the molecule is COc1ccc(-c2cc(-c3ccc(Cl)c(F)c3)cc(N3CCCC3C)n2)c(O)c1. The number of methoxy groups -OCH3 is 1. The molecule has 1 N–H and O–H groups in total. The zero-order valence-corrected chi connectivity index (χ0v) is 17.1. The normalized spacial score (nSPS) is 16.3. The molecule has 0 spiro atoms. The van der Waals surface area contributed by atoms with E-state index in [9.17, 15) is 9.50 Å². The number of nitrogens with zero attached hydrogens (tertiary/aromatic N) is 2. The van der Waals surface area contributed by atoms with Crippen LogP contribution in [0.1, 0.15) is 19.8 Å². The molecule has 150 valence electrons. The quantitative estimate of drug-likeness (QED) is 0.578. The second-order valence-corrected chi connectivity index (χ2v) is 7.70. The smallest absolute Gasteiger partial charge is 0.142 e. The minimum atomic E-state index is -0.467. The van der Waals surface area contributed by atoms with Crippen molar-refractivity contribution in [2.24, 2.45) is 0 Å². The highest BCUT2D eigenvalue weighted by atomic mass is 35.5. The molecule has 0 saturated carbocycles. The van der Waals surface area contributed by atoms with Crippen LogP contribution in [0.5, 0.6) is 11.5 Å². The fraction of sp³-hybridized carbons (Fsp3) is 0.261. The fourth-order valence-corrected chi connectivity index (χ4v) is 3.89. The highest BCUT2D eigenvalue weighted by molar-refractivity contribution is 6.30.